The van der Waals surface area contributed by atoms with Gasteiger partial charge in [0.1, 0.15) is 18.3 Å². The first-order valence-electron chi connectivity index (χ1n) is 8.58. The van der Waals surface area contributed by atoms with Crippen LogP contribution in [0.4, 0.5) is 4.39 Å². The molecule has 26 heavy (non-hydrogen) atoms. The number of ether oxygens (including phenoxy) is 3. The molecule has 5 nitrogen and oxygen atoms in total. The van der Waals surface area contributed by atoms with E-state index in [-0.39, 0.29) is 13.2 Å². The van der Waals surface area contributed by atoms with Gasteiger partial charge < -0.3 is 24.4 Å². The molecule has 1 saturated heterocycles. The van der Waals surface area contributed by atoms with Crippen LogP contribution in [0.5, 0.6) is 0 Å². The van der Waals surface area contributed by atoms with Crippen molar-refractivity contribution < 1.29 is 28.8 Å². The Hall–Kier alpha value is -1.83. The van der Waals surface area contributed by atoms with Gasteiger partial charge in [-0.1, -0.05) is 60.7 Å². The van der Waals surface area contributed by atoms with Crippen molar-refractivity contribution >= 4 is 0 Å². The van der Waals surface area contributed by atoms with Crippen LogP contribution in [-0.2, 0) is 27.4 Å². The van der Waals surface area contributed by atoms with Gasteiger partial charge >= 0.3 is 0 Å². The van der Waals surface area contributed by atoms with Crippen LogP contribution in [0, 0.1) is 0 Å². The first-order valence-corrected chi connectivity index (χ1v) is 8.58. The average Bonchev–Trinajstić information content (AvgIpc) is 2.67. The summed E-state index contributed by atoms with van der Waals surface area (Å²) >= 11 is 0. The number of aliphatic hydroxyl groups excluding tert-OH is 2. The normalized spacial score (nSPS) is 28.8. The fourth-order valence-electron chi connectivity index (χ4n) is 2.86. The van der Waals surface area contributed by atoms with E-state index in [2.05, 4.69) is 0 Å². The Bertz CT molecular complexity index is 654. The van der Waals surface area contributed by atoms with E-state index >= 15 is 0 Å². The molecule has 1 fully saturated rings. The zero-order chi connectivity index (χ0) is 18.4. The third kappa shape index (κ3) is 4.87. The van der Waals surface area contributed by atoms with Crippen molar-refractivity contribution in [1.82, 2.24) is 0 Å². The third-order valence-electron chi connectivity index (χ3n) is 4.30. The second kappa shape index (κ2) is 9.21. The van der Waals surface area contributed by atoms with Gasteiger partial charge in [-0.05, 0) is 11.1 Å². The molecule has 0 spiro atoms. The zero-order valence-electron chi connectivity index (χ0n) is 14.3. The summed E-state index contributed by atoms with van der Waals surface area (Å²) < 4.78 is 30.5. The molecule has 0 unspecified atom stereocenters. The number of benzene rings is 2. The molecule has 0 bridgehead atoms. The molecule has 3 rings (SSSR count). The Morgan fingerprint density at radius 3 is 2.08 bits per heavy atom. The molecule has 1 heterocycles. The lowest BCUT2D eigenvalue weighted by atomic mass is 10.00. The van der Waals surface area contributed by atoms with E-state index in [1.165, 1.54) is 0 Å². The minimum atomic E-state index is -1.83. The summed E-state index contributed by atoms with van der Waals surface area (Å²) in [6.07, 6.45) is -6.80. The molecule has 6 heteroatoms. The quantitative estimate of drug-likeness (QED) is 0.790. The highest BCUT2D eigenvalue weighted by Crippen LogP contribution is 2.26. The predicted molar refractivity (Wildman–Crippen MR) is 92.9 cm³/mol. The first-order chi connectivity index (χ1) is 12.6. The largest absolute Gasteiger partial charge is 0.387 e. The summed E-state index contributed by atoms with van der Waals surface area (Å²) in [5.41, 5.74) is 1.82. The van der Waals surface area contributed by atoms with E-state index in [9.17, 15) is 14.6 Å². The monoisotopic (exact) mass is 362 g/mol. The molecule has 0 radical (unpaired) electrons. The Morgan fingerprint density at radius 2 is 1.46 bits per heavy atom. The van der Waals surface area contributed by atoms with Gasteiger partial charge in [0.05, 0.1) is 19.8 Å². The molecule has 2 aromatic rings. The highest BCUT2D eigenvalue weighted by atomic mass is 19.1. The number of hydrogen-bond donors (Lipinski definition) is 2. The smallest absolute Gasteiger partial charge is 0.189 e. The van der Waals surface area contributed by atoms with Crippen LogP contribution in [0.2, 0.25) is 0 Å². The summed E-state index contributed by atoms with van der Waals surface area (Å²) in [5, 5.41) is 20.2. The second-order valence-electron chi connectivity index (χ2n) is 6.26. The summed E-state index contributed by atoms with van der Waals surface area (Å²) in [6.45, 7) is 0.483. The maximum absolute atomic E-state index is 14.3. The van der Waals surface area contributed by atoms with Crippen LogP contribution >= 0.6 is 0 Å². The van der Waals surface area contributed by atoms with E-state index in [0.717, 1.165) is 11.1 Å². The maximum Gasteiger partial charge on any atom is 0.189 e. The first kappa shape index (κ1) is 18.9. The van der Waals surface area contributed by atoms with Gasteiger partial charge in [-0.2, -0.15) is 0 Å². The Balaban J connectivity index is 1.55. The Morgan fingerprint density at radius 1 is 0.885 bits per heavy atom. The van der Waals surface area contributed by atoms with E-state index in [4.69, 9.17) is 14.2 Å². The van der Waals surface area contributed by atoms with Crippen LogP contribution in [0.3, 0.4) is 0 Å². The minimum absolute atomic E-state index is 0.0189. The second-order valence-corrected chi connectivity index (χ2v) is 6.26. The molecule has 2 aromatic carbocycles. The van der Waals surface area contributed by atoms with Crippen LogP contribution in [-0.4, -0.2) is 47.6 Å². The lowest BCUT2D eigenvalue weighted by molar-refractivity contribution is -0.283. The van der Waals surface area contributed by atoms with Gasteiger partial charge in [0.25, 0.3) is 0 Å². The number of aliphatic hydroxyl groups is 2. The standard InChI is InChI=1S/C20H23FO5/c21-17-19(25-12-15-9-5-2-6-10-15)18(22)16(26-20(17)23)13-24-11-14-7-3-1-4-8-14/h1-10,16-20,22-23H,11-13H2/t16-,17+,18+,19-,20+/m1/s1. The lowest BCUT2D eigenvalue weighted by Crippen LogP contribution is -2.58. The van der Waals surface area contributed by atoms with Crippen molar-refractivity contribution in [1.29, 1.82) is 0 Å². The van der Waals surface area contributed by atoms with Crippen LogP contribution in [0.25, 0.3) is 0 Å². The average molecular weight is 362 g/mol. The molecule has 0 saturated carbocycles. The van der Waals surface area contributed by atoms with Gasteiger partial charge in [-0.15, -0.1) is 0 Å². The molecule has 0 amide bonds. The highest BCUT2D eigenvalue weighted by Gasteiger charge is 2.46. The SMILES string of the molecule is O[C@@H]1[C@H](OCc2ccccc2)[C@H](F)[C@@H](O)O[C@@H]1COCc1ccccc1. The Labute approximate surface area is 151 Å². The van der Waals surface area contributed by atoms with E-state index in [0.29, 0.717) is 6.61 Å². The third-order valence-corrected chi connectivity index (χ3v) is 4.30. The van der Waals surface area contributed by atoms with Crippen LogP contribution < -0.4 is 0 Å². The van der Waals surface area contributed by atoms with Gasteiger partial charge in [0.15, 0.2) is 12.5 Å². The summed E-state index contributed by atoms with van der Waals surface area (Å²) in [7, 11) is 0. The molecule has 2 N–H and O–H groups in total. The van der Waals surface area contributed by atoms with E-state index in [1.54, 1.807) is 0 Å². The molecule has 1 aliphatic heterocycles. The van der Waals surface area contributed by atoms with E-state index < -0.39 is 30.8 Å². The molecule has 5 atom stereocenters. The van der Waals surface area contributed by atoms with Crippen molar-refractivity contribution in [2.45, 2.75) is 44.0 Å². The predicted octanol–water partition coefficient (Wildman–Crippen LogP) is 2.20. The highest BCUT2D eigenvalue weighted by molar-refractivity contribution is 5.14. The van der Waals surface area contributed by atoms with Gasteiger partial charge in [0, 0.05) is 0 Å². The molecular weight excluding hydrogens is 339 g/mol. The van der Waals surface area contributed by atoms with Crippen molar-refractivity contribution in [3.63, 3.8) is 0 Å². The molecule has 140 valence electrons. The zero-order valence-corrected chi connectivity index (χ0v) is 14.3. The summed E-state index contributed by atoms with van der Waals surface area (Å²) in [5.74, 6) is 0. The van der Waals surface area contributed by atoms with Crippen LogP contribution in [0.15, 0.2) is 60.7 Å². The van der Waals surface area contributed by atoms with E-state index in [1.807, 2.05) is 60.7 Å². The number of alkyl halides is 1. The molecule has 1 aliphatic rings. The van der Waals surface area contributed by atoms with Crippen molar-refractivity contribution in [2.75, 3.05) is 6.61 Å². The summed E-state index contributed by atoms with van der Waals surface area (Å²) in [6, 6.07) is 18.8. The number of halogens is 1. The molecule has 0 aromatic heterocycles. The minimum Gasteiger partial charge on any atom is -0.387 e. The van der Waals surface area contributed by atoms with Gasteiger partial charge in [-0.25, -0.2) is 4.39 Å². The fourth-order valence-corrected chi connectivity index (χ4v) is 2.86. The topological polar surface area (TPSA) is 68.2 Å². The number of rotatable bonds is 7. The number of hydrogen-bond acceptors (Lipinski definition) is 5. The van der Waals surface area contributed by atoms with Crippen molar-refractivity contribution in [3.8, 4) is 0 Å². The van der Waals surface area contributed by atoms with Gasteiger partial charge in [0.2, 0.25) is 0 Å². The lowest BCUT2D eigenvalue weighted by Gasteiger charge is -2.39. The molecule has 0 aliphatic carbocycles. The van der Waals surface area contributed by atoms with Crippen LogP contribution in [0.1, 0.15) is 11.1 Å². The fraction of sp³-hybridized carbons (Fsp3) is 0.400. The molecular formula is C20H23FO5. The van der Waals surface area contributed by atoms with Crippen molar-refractivity contribution in [2.24, 2.45) is 0 Å². The Kier molecular flexibility index (Phi) is 6.71. The maximum atomic E-state index is 14.3. The van der Waals surface area contributed by atoms with Crippen molar-refractivity contribution in [3.05, 3.63) is 71.8 Å². The summed E-state index contributed by atoms with van der Waals surface area (Å²) in [4.78, 5) is 0. The van der Waals surface area contributed by atoms with Gasteiger partial charge in [-0.3, -0.25) is 0 Å².